The maximum atomic E-state index is 11.0. The van der Waals surface area contributed by atoms with Crippen molar-refractivity contribution in [2.45, 2.75) is 6.92 Å². The van der Waals surface area contributed by atoms with Gasteiger partial charge in [0.25, 0.3) is 0 Å². The van der Waals surface area contributed by atoms with E-state index < -0.39 is 11.9 Å². The van der Waals surface area contributed by atoms with Crippen LogP contribution in [0.4, 0.5) is 11.4 Å². The van der Waals surface area contributed by atoms with Gasteiger partial charge in [-0.2, -0.15) is 0 Å². The molecule has 0 spiro atoms. The van der Waals surface area contributed by atoms with Gasteiger partial charge in [-0.15, -0.1) is 0 Å². The van der Waals surface area contributed by atoms with Crippen LogP contribution >= 0.6 is 0 Å². The SMILES string of the molecule is Cc1cc(Nc2ccc(C(N)=O)cc2)ccc1C(=O)O. The van der Waals surface area contributed by atoms with Crippen LogP contribution in [-0.4, -0.2) is 17.0 Å². The van der Waals surface area contributed by atoms with Crippen molar-refractivity contribution in [2.75, 3.05) is 5.32 Å². The van der Waals surface area contributed by atoms with Crippen molar-refractivity contribution in [1.82, 2.24) is 0 Å². The molecule has 2 rings (SSSR count). The summed E-state index contributed by atoms with van der Waals surface area (Å²) >= 11 is 0. The summed E-state index contributed by atoms with van der Waals surface area (Å²) in [5.74, 6) is -1.42. The van der Waals surface area contributed by atoms with Crippen LogP contribution in [0.1, 0.15) is 26.3 Å². The molecule has 0 fully saturated rings. The molecule has 5 heteroatoms. The number of amides is 1. The first-order valence-corrected chi connectivity index (χ1v) is 5.98. The number of rotatable bonds is 4. The second-order valence-corrected chi connectivity index (χ2v) is 4.40. The molecule has 0 bridgehead atoms. The van der Waals surface area contributed by atoms with E-state index in [0.29, 0.717) is 11.1 Å². The van der Waals surface area contributed by atoms with Gasteiger partial charge in [-0.1, -0.05) is 0 Å². The first-order valence-electron chi connectivity index (χ1n) is 5.98. The van der Waals surface area contributed by atoms with Crippen LogP contribution in [0.5, 0.6) is 0 Å². The highest BCUT2D eigenvalue weighted by atomic mass is 16.4. The van der Waals surface area contributed by atoms with Gasteiger partial charge in [-0.05, 0) is 55.0 Å². The number of carbonyl (C=O) groups is 2. The first kappa shape index (κ1) is 13.6. The van der Waals surface area contributed by atoms with Crippen molar-refractivity contribution in [2.24, 2.45) is 5.73 Å². The van der Waals surface area contributed by atoms with Crippen LogP contribution in [0.2, 0.25) is 0 Å². The fourth-order valence-electron chi connectivity index (χ4n) is 1.87. The summed E-state index contributed by atoms with van der Waals surface area (Å²) in [4.78, 5) is 21.9. The number of nitrogens with one attached hydrogen (secondary N) is 1. The highest BCUT2D eigenvalue weighted by molar-refractivity contribution is 5.93. The third-order valence-electron chi connectivity index (χ3n) is 2.91. The van der Waals surface area contributed by atoms with Crippen molar-refractivity contribution in [3.8, 4) is 0 Å². The molecule has 0 unspecified atom stereocenters. The van der Waals surface area contributed by atoms with Crippen LogP contribution in [0.15, 0.2) is 42.5 Å². The predicted molar refractivity (Wildman–Crippen MR) is 76.4 cm³/mol. The minimum Gasteiger partial charge on any atom is -0.478 e. The molecule has 2 aromatic rings. The van der Waals surface area contributed by atoms with E-state index in [1.54, 1.807) is 49.4 Å². The van der Waals surface area contributed by atoms with Gasteiger partial charge in [0.1, 0.15) is 0 Å². The summed E-state index contributed by atoms with van der Waals surface area (Å²) in [6, 6.07) is 11.7. The van der Waals surface area contributed by atoms with E-state index in [9.17, 15) is 9.59 Å². The number of carboxylic acid groups (broad SMARTS) is 1. The van der Waals surface area contributed by atoms with Gasteiger partial charge in [0.2, 0.25) is 5.91 Å². The van der Waals surface area contributed by atoms with Gasteiger partial charge in [-0.3, -0.25) is 4.79 Å². The highest BCUT2D eigenvalue weighted by Gasteiger charge is 2.07. The molecule has 0 aromatic heterocycles. The number of aromatic carboxylic acids is 1. The van der Waals surface area contributed by atoms with Crippen molar-refractivity contribution >= 4 is 23.3 Å². The third-order valence-corrected chi connectivity index (χ3v) is 2.91. The summed E-state index contributed by atoms with van der Waals surface area (Å²) in [6.07, 6.45) is 0. The summed E-state index contributed by atoms with van der Waals surface area (Å²) in [5.41, 5.74) is 8.13. The standard InChI is InChI=1S/C15H14N2O3/c1-9-8-12(6-7-13(9)15(19)20)17-11-4-2-10(3-5-11)14(16)18/h2-8,17H,1H3,(H2,16,18)(H,19,20). The van der Waals surface area contributed by atoms with Crippen LogP contribution in [0.25, 0.3) is 0 Å². The molecule has 0 heterocycles. The maximum Gasteiger partial charge on any atom is 0.335 e. The fourth-order valence-corrected chi connectivity index (χ4v) is 1.87. The normalized spacial score (nSPS) is 10.1. The molecule has 0 atom stereocenters. The lowest BCUT2D eigenvalue weighted by Gasteiger charge is -2.09. The molecule has 0 saturated heterocycles. The average Bonchev–Trinajstić information content (AvgIpc) is 2.39. The first-order chi connectivity index (χ1) is 9.47. The average molecular weight is 270 g/mol. The monoisotopic (exact) mass is 270 g/mol. The molecule has 1 amide bonds. The Balaban J connectivity index is 2.19. The lowest BCUT2D eigenvalue weighted by atomic mass is 10.1. The number of aryl methyl sites for hydroxylation is 1. The summed E-state index contributed by atoms with van der Waals surface area (Å²) < 4.78 is 0. The number of carbonyl (C=O) groups excluding carboxylic acids is 1. The number of primary amides is 1. The third kappa shape index (κ3) is 2.95. The minimum atomic E-state index is -0.945. The number of benzene rings is 2. The number of hydrogen-bond donors (Lipinski definition) is 3. The molecular weight excluding hydrogens is 256 g/mol. The van der Waals surface area contributed by atoms with E-state index in [4.69, 9.17) is 10.8 Å². The van der Waals surface area contributed by atoms with Crippen LogP contribution in [0, 0.1) is 6.92 Å². The molecular formula is C15H14N2O3. The number of nitrogens with two attached hydrogens (primary N) is 1. The fraction of sp³-hybridized carbons (Fsp3) is 0.0667. The molecule has 20 heavy (non-hydrogen) atoms. The highest BCUT2D eigenvalue weighted by Crippen LogP contribution is 2.20. The molecule has 0 radical (unpaired) electrons. The topological polar surface area (TPSA) is 92.4 Å². The Morgan fingerprint density at radius 3 is 2.15 bits per heavy atom. The minimum absolute atomic E-state index is 0.277. The molecule has 5 nitrogen and oxygen atoms in total. The van der Waals surface area contributed by atoms with Gasteiger partial charge in [0.05, 0.1) is 5.56 Å². The molecule has 102 valence electrons. The number of anilines is 2. The largest absolute Gasteiger partial charge is 0.478 e. The summed E-state index contributed by atoms with van der Waals surface area (Å²) in [7, 11) is 0. The van der Waals surface area contributed by atoms with Crippen molar-refractivity contribution in [1.29, 1.82) is 0 Å². The molecule has 0 saturated carbocycles. The van der Waals surface area contributed by atoms with Crippen molar-refractivity contribution < 1.29 is 14.7 Å². The van der Waals surface area contributed by atoms with Gasteiger partial charge >= 0.3 is 5.97 Å². The summed E-state index contributed by atoms with van der Waals surface area (Å²) in [6.45, 7) is 1.74. The Hall–Kier alpha value is -2.82. The van der Waals surface area contributed by atoms with E-state index >= 15 is 0 Å². The quantitative estimate of drug-likeness (QED) is 0.796. The Morgan fingerprint density at radius 1 is 1.05 bits per heavy atom. The Kier molecular flexibility index (Phi) is 3.70. The number of carboxylic acids is 1. The molecule has 0 aliphatic heterocycles. The Bertz CT molecular complexity index is 663. The Labute approximate surface area is 116 Å². The molecule has 4 N–H and O–H groups in total. The zero-order valence-corrected chi connectivity index (χ0v) is 10.9. The van der Waals surface area contributed by atoms with Crippen LogP contribution in [0.3, 0.4) is 0 Å². The second kappa shape index (κ2) is 5.44. The van der Waals surface area contributed by atoms with E-state index in [0.717, 1.165) is 11.4 Å². The second-order valence-electron chi connectivity index (χ2n) is 4.40. The van der Waals surface area contributed by atoms with Crippen molar-refractivity contribution in [3.05, 3.63) is 59.2 Å². The maximum absolute atomic E-state index is 11.0. The zero-order chi connectivity index (χ0) is 14.7. The smallest absolute Gasteiger partial charge is 0.335 e. The lowest BCUT2D eigenvalue weighted by Crippen LogP contribution is -2.10. The van der Waals surface area contributed by atoms with E-state index in [1.807, 2.05) is 0 Å². The van der Waals surface area contributed by atoms with Gasteiger partial charge < -0.3 is 16.2 Å². The zero-order valence-electron chi connectivity index (χ0n) is 10.9. The lowest BCUT2D eigenvalue weighted by molar-refractivity contribution is 0.0696. The van der Waals surface area contributed by atoms with Crippen molar-refractivity contribution in [3.63, 3.8) is 0 Å². The van der Waals surface area contributed by atoms with Gasteiger partial charge in [0, 0.05) is 16.9 Å². The molecule has 0 aliphatic rings. The number of hydrogen-bond acceptors (Lipinski definition) is 3. The van der Waals surface area contributed by atoms with Gasteiger partial charge in [0.15, 0.2) is 0 Å². The molecule has 0 aliphatic carbocycles. The van der Waals surface area contributed by atoms with E-state index in [1.165, 1.54) is 0 Å². The van der Waals surface area contributed by atoms with E-state index in [2.05, 4.69) is 5.32 Å². The summed E-state index contributed by atoms with van der Waals surface area (Å²) in [5, 5.41) is 12.1. The predicted octanol–water partition coefficient (Wildman–Crippen LogP) is 2.54. The van der Waals surface area contributed by atoms with Gasteiger partial charge in [-0.25, -0.2) is 4.79 Å². The van der Waals surface area contributed by atoms with Crippen LogP contribution in [-0.2, 0) is 0 Å². The molecule has 2 aromatic carbocycles. The van der Waals surface area contributed by atoms with Crippen LogP contribution < -0.4 is 11.1 Å². The van der Waals surface area contributed by atoms with E-state index in [-0.39, 0.29) is 5.56 Å². The Morgan fingerprint density at radius 2 is 1.65 bits per heavy atom.